The smallest absolute Gasteiger partial charge is 0.243 e. The standard InChI is InChI=1S/C17H27N3O3S/c1-4-14(3)17(21)18-15-7-6-8-16(13-15)24(22,23)20-11-9-19(5-2)10-12-20/h6-8,13-14H,4-5,9-12H2,1-3H3,(H,18,21). The van der Waals surface area contributed by atoms with E-state index in [9.17, 15) is 13.2 Å². The molecule has 0 radical (unpaired) electrons. The van der Waals surface area contributed by atoms with Crippen LogP contribution in [-0.4, -0.2) is 56.3 Å². The van der Waals surface area contributed by atoms with Gasteiger partial charge in [-0.2, -0.15) is 4.31 Å². The lowest BCUT2D eigenvalue weighted by Gasteiger charge is -2.33. The van der Waals surface area contributed by atoms with Crippen LogP contribution in [-0.2, 0) is 14.8 Å². The first-order valence-electron chi connectivity index (χ1n) is 8.52. The molecule has 24 heavy (non-hydrogen) atoms. The van der Waals surface area contributed by atoms with Gasteiger partial charge in [-0.15, -0.1) is 0 Å². The van der Waals surface area contributed by atoms with Crippen molar-refractivity contribution < 1.29 is 13.2 Å². The van der Waals surface area contributed by atoms with Crippen molar-refractivity contribution in [2.75, 3.05) is 38.0 Å². The third kappa shape index (κ3) is 4.34. The molecule has 1 aromatic carbocycles. The Labute approximate surface area is 144 Å². The summed E-state index contributed by atoms with van der Waals surface area (Å²) in [6.07, 6.45) is 0.742. The van der Waals surface area contributed by atoms with Crippen LogP contribution < -0.4 is 5.32 Å². The summed E-state index contributed by atoms with van der Waals surface area (Å²) in [7, 11) is -3.52. The maximum atomic E-state index is 12.8. The van der Waals surface area contributed by atoms with E-state index in [1.165, 1.54) is 4.31 Å². The van der Waals surface area contributed by atoms with Crippen molar-refractivity contribution in [1.29, 1.82) is 0 Å². The van der Waals surface area contributed by atoms with Gasteiger partial charge in [-0.25, -0.2) is 8.42 Å². The summed E-state index contributed by atoms with van der Waals surface area (Å²) < 4.78 is 27.1. The molecule has 0 saturated carbocycles. The number of piperazine rings is 1. The van der Waals surface area contributed by atoms with Crippen molar-refractivity contribution in [3.05, 3.63) is 24.3 Å². The molecule has 6 nitrogen and oxygen atoms in total. The predicted octanol–water partition coefficient (Wildman–Crippen LogP) is 2.00. The lowest BCUT2D eigenvalue weighted by Crippen LogP contribution is -2.48. The van der Waals surface area contributed by atoms with E-state index < -0.39 is 10.0 Å². The van der Waals surface area contributed by atoms with Crippen LogP contribution in [0.5, 0.6) is 0 Å². The number of likely N-dealkylation sites (N-methyl/N-ethyl adjacent to an activating group) is 1. The Bertz CT molecular complexity index is 667. The predicted molar refractivity (Wildman–Crippen MR) is 95.4 cm³/mol. The van der Waals surface area contributed by atoms with Crippen molar-refractivity contribution in [2.45, 2.75) is 32.1 Å². The van der Waals surface area contributed by atoms with Crippen LogP contribution in [0.4, 0.5) is 5.69 Å². The highest BCUT2D eigenvalue weighted by molar-refractivity contribution is 7.89. The van der Waals surface area contributed by atoms with Gasteiger partial charge in [0.1, 0.15) is 0 Å². The molecule has 2 rings (SSSR count). The zero-order chi connectivity index (χ0) is 17.7. The Balaban J connectivity index is 2.14. The summed E-state index contributed by atoms with van der Waals surface area (Å²) in [4.78, 5) is 14.5. The molecule has 1 atom stereocenters. The highest BCUT2D eigenvalue weighted by atomic mass is 32.2. The number of hydrogen-bond acceptors (Lipinski definition) is 4. The zero-order valence-corrected chi connectivity index (χ0v) is 15.5. The lowest BCUT2D eigenvalue weighted by molar-refractivity contribution is -0.119. The van der Waals surface area contributed by atoms with Crippen LogP contribution >= 0.6 is 0 Å². The molecule has 1 fully saturated rings. The quantitative estimate of drug-likeness (QED) is 0.849. The first-order valence-corrected chi connectivity index (χ1v) is 9.96. The molecule has 7 heteroatoms. The maximum absolute atomic E-state index is 12.8. The Morgan fingerprint density at radius 3 is 2.46 bits per heavy atom. The summed E-state index contributed by atoms with van der Waals surface area (Å²) in [5, 5.41) is 2.79. The second-order valence-corrected chi connectivity index (χ2v) is 8.10. The molecule has 0 spiro atoms. The number of carbonyl (C=O) groups excluding carboxylic acids is 1. The number of sulfonamides is 1. The van der Waals surface area contributed by atoms with E-state index >= 15 is 0 Å². The van der Waals surface area contributed by atoms with Gasteiger partial charge in [0, 0.05) is 37.8 Å². The molecule has 1 saturated heterocycles. The highest BCUT2D eigenvalue weighted by Crippen LogP contribution is 2.21. The molecule has 1 heterocycles. The van der Waals surface area contributed by atoms with Gasteiger partial charge < -0.3 is 10.2 Å². The van der Waals surface area contributed by atoms with Crippen LogP contribution in [0.25, 0.3) is 0 Å². The van der Waals surface area contributed by atoms with Crippen LogP contribution in [0.3, 0.4) is 0 Å². The van der Waals surface area contributed by atoms with E-state index in [0.717, 1.165) is 26.1 Å². The minimum atomic E-state index is -3.52. The van der Waals surface area contributed by atoms with E-state index in [1.54, 1.807) is 24.3 Å². The second-order valence-electron chi connectivity index (χ2n) is 6.16. The van der Waals surface area contributed by atoms with Crippen molar-refractivity contribution in [1.82, 2.24) is 9.21 Å². The molecule has 1 N–H and O–H groups in total. The number of carbonyl (C=O) groups is 1. The van der Waals surface area contributed by atoms with E-state index in [4.69, 9.17) is 0 Å². The van der Waals surface area contributed by atoms with Crippen molar-refractivity contribution in [2.24, 2.45) is 5.92 Å². The normalized spacial score (nSPS) is 18.3. The van der Waals surface area contributed by atoms with Gasteiger partial charge in [-0.3, -0.25) is 4.79 Å². The molecule has 0 aliphatic carbocycles. The topological polar surface area (TPSA) is 69.7 Å². The average molecular weight is 353 g/mol. The maximum Gasteiger partial charge on any atom is 0.243 e. The fourth-order valence-corrected chi connectivity index (χ4v) is 4.09. The minimum absolute atomic E-state index is 0.0939. The van der Waals surface area contributed by atoms with Gasteiger partial charge in [0.2, 0.25) is 15.9 Å². The lowest BCUT2D eigenvalue weighted by atomic mass is 10.1. The van der Waals surface area contributed by atoms with Crippen molar-refractivity contribution in [3.8, 4) is 0 Å². The summed E-state index contributed by atoms with van der Waals surface area (Å²) in [6.45, 7) is 9.31. The number of amides is 1. The van der Waals surface area contributed by atoms with E-state index in [-0.39, 0.29) is 16.7 Å². The van der Waals surface area contributed by atoms with Crippen LogP contribution in [0.1, 0.15) is 27.2 Å². The third-order valence-electron chi connectivity index (χ3n) is 4.58. The summed E-state index contributed by atoms with van der Waals surface area (Å²) in [5.41, 5.74) is 0.522. The molecule has 1 aromatic rings. The zero-order valence-electron chi connectivity index (χ0n) is 14.7. The first kappa shape index (κ1) is 18.9. The fourth-order valence-electron chi connectivity index (χ4n) is 2.62. The van der Waals surface area contributed by atoms with Crippen molar-refractivity contribution in [3.63, 3.8) is 0 Å². The van der Waals surface area contributed by atoms with Crippen LogP contribution in [0.2, 0.25) is 0 Å². The Kier molecular flexibility index (Phi) is 6.37. The van der Waals surface area contributed by atoms with Gasteiger partial charge in [0.15, 0.2) is 0 Å². The van der Waals surface area contributed by atoms with Crippen molar-refractivity contribution >= 4 is 21.6 Å². The molecule has 1 aliphatic rings. The van der Waals surface area contributed by atoms with Gasteiger partial charge in [-0.05, 0) is 31.2 Å². The number of nitrogens with zero attached hydrogens (tertiary/aromatic N) is 2. The van der Waals surface area contributed by atoms with Gasteiger partial charge in [0.25, 0.3) is 0 Å². The molecule has 1 unspecified atom stereocenters. The number of hydrogen-bond donors (Lipinski definition) is 1. The first-order chi connectivity index (χ1) is 11.4. The van der Waals surface area contributed by atoms with Gasteiger partial charge >= 0.3 is 0 Å². The fraction of sp³-hybridized carbons (Fsp3) is 0.588. The van der Waals surface area contributed by atoms with E-state index in [1.807, 2.05) is 13.8 Å². The Hall–Kier alpha value is -1.44. The SMILES string of the molecule is CCC(C)C(=O)Nc1cccc(S(=O)(=O)N2CCN(CC)CC2)c1. The second kappa shape index (κ2) is 8.09. The molecular formula is C17H27N3O3S. The largest absolute Gasteiger partial charge is 0.326 e. The number of nitrogens with one attached hydrogen (secondary N) is 1. The minimum Gasteiger partial charge on any atom is -0.326 e. The highest BCUT2D eigenvalue weighted by Gasteiger charge is 2.28. The Morgan fingerprint density at radius 1 is 1.21 bits per heavy atom. The monoisotopic (exact) mass is 353 g/mol. The molecule has 0 aromatic heterocycles. The van der Waals surface area contributed by atoms with E-state index in [0.29, 0.717) is 18.8 Å². The number of rotatable bonds is 6. The van der Waals surface area contributed by atoms with Crippen LogP contribution in [0, 0.1) is 5.92 Å². The molecular weight excluding hydrogens is 326 g/mol. The van der Waals surface area contributed by atoms with E-state index in [2.05, 4.69) is 17.1 Å². The molecule has 134 valence electrons. The summed E-state index contributed by atoms with van der Waals surface area (Å²) in [6, 6.07) is 6.51. The summed E-state index contributed by atoms with van der Waals surface area (Å²) >= 11 is 0. The van der Waals surface area contributed by atoms with Gasteiger partial charge in [0.05, 0.1) is 4.90 Å². The number of benzene rings is 1. The molecule has 1 amide bonds. The molecule has 1 aliphatic heterocycles. The average Bonchev–Trinajstić information content (AvgIpc) is 2.61. The molecule has 0 bridgehead atoms. The Morgan fingerprint density at radius 2 is 1.88 bits per heavy atom. The third-order valence-corrected chi connectivity index (χ3v) is 6.47. The van der Waals surface area contributed by atoms with Gasteiger partial charge in [-0.1, -0.05) is 26.8 Å². The summed E-state index contributed by atoms with van der Waals surface area (Å²) in [5.74, 6) is -0.198. The number of anilines is 1. The van der Waals surface area contributed by atoms with Crippen LogP contribution in [0.15, 0.2) is 29.2 Å².